The number of halogens is 2. The van der Waals surface area contributed by atoms with Crippen LogP contribution in [0, 0.1) is 0 Å². The predicted octanol–water partition coefficient (Wildman–Crippen LogP) is 4.25. The molecule has 30 heavy (non-hydrogen) atoms. The Bertz CT molecular complexity index is 984. The number of sulfonamides is 1. The summed E-state index contributed by atoms with van der Waals surface area (Å²) in [5.41, 5.74) is 1.21. The first-order valence-corrected chi connectivity index (χ1v) is 11.9. The third kappa shape index (κ3) is 7.07. The van der Waals surface area contributed by atoms with Crippen LogP contribution in [0.2, 0.25) is 10.0 Å². The van der Waals surface area contributed by atoms with E-state index in [2.05, 4.69) is 26.1 Å². The SMILES string of the molecule is CC(C)(C)c1ccccc1OCCNC(=O)CN(c1cc(Cl)cc(Cl)c1)S(C)(=O)=O. The molecule has 0 radical (unpaired) electrons. The van der Waals surface area contributed by atoms with Gasteiger partial charge in [0.15, 0.2) is 0 Å². The number of carbonyl (C=O) groups excluding carboxylic acids is 1. The van der Waals surface area contributed by atoms with Crippen molar-refractivity contribution in [3.63, 3.8) is 0 Å². The standard InChI is InChI=1S/C21H26Cl2N2O4S/c1-21(2,3)18-7-5-6-8-19(18)29-10-9-24-20(26)14-25(30(4,27)28)17-12-15(22)11-16(23)13-17/h5-8,11-13H,9-10,14H2,1-4H3,(H,24,26). The Morgan fingerprint density at radius 3 is 2.27 bits per heavy atom. The lowest BCUT2D eigenvalue weighted by Crippen LogP contribution is -2.41. The van der Waals surface area contributed by atoms with Crippen molar-refractivity contribution in [3.05, 3.63) is 58.1 Å². The van der Waals surface area contributed by atoms with Crippen LogP contribution < -0.4 is 14.4 Å². The summed E-state index contributed by atoms with van der Waals surface area (Å²) in [5.74, 6) is 0.287. The van der Waals surface area contributed by atoms with E-state index in [9.17, 15) is 13.2 Å². The number of para-hydroxylation sites is 1. The number of hydrogen-bond acceptors (Lipinski definition) is 4. The Balaban J connectivity index is 1.98. The number of nitrogens with zero attached hydrogens (tertiary/aromatic N) is 1. The van der Waals surface area contributed by atoms with Gasteiger partial charge in [-0.15, -0.1) is 0 Å². The van der Waals surface area contributed by atoms with E-state index < -0.39 is 22.5 Å². The van der Waals surface area contributed by atoms with Gasteiger partial charge in [-0.05, 0) is 35.2 Å². The Labute approximate surface area is 188 Å². The van der Waals surface area contributed by atoms with Gasteiger partial charge in [-0.25, -0.2) is 8.42 Å². The van der Waals surface area contributed by atoms with E-state index in [-0.39, 0.29) is 34.3 Å². The predicted molar refractivity (Wildman–Crippen MR) is 122 cm³/mol. The lowest BCUT2D eigenvalue weighted by atomic mass is 9.86. The summed E-state index contributed by atoms with van der Waals surface area (Å²) in [6, 6.07) is 12.1. The van der Waals surface area contributed by atoms with Crippen LogP contribution in [0.5, 0.6) is 5.75 Å². The van der Waals surface area contributed by atoms with E-state index in [1.807, 2.05) is 24.3 Å². The highest BCUT2D eigenvalue weighted by atomic mass is 35.5. The van der Waals surface area contributed by atoms with Gasteiger partial charge in [-0.3, -0.25) is 9.10 Å². The molecule has 0 spiro atoms. The van der Waals surface area contributed by atoms with Gasteiger partial charge in [-0.2, -0.15) is 0 Å². The Hall–Kier alpha value is -1.96. The molecule has 2 aromatic rings. The first-order valence-electron chi connectivity index (χ1n) is 9.31. The van der Waals surface area contributed by atoms with E-state index >= 15 is 0 Å². The second kappa shape index (κ2) is 9.90. The molecule has 0 bridgehead atoms. The lowest BCUT2D eigenvalue weighted by Gasteiger charge is -2.23. The average molecular weight is 473 g/mol. The van der Waals surface area contributed by atoms with E-state index in [0.717, 1.165) is 21.9 Å². The molecule has 2 rings (SSSR count). The highest BCUT2D eigenvalue weighted by Gasteiger charge is 2.22. The molecule has 0 aliphatic rings. The van der Waals surface area contributed by atoms with Gasteiger partial charge in [0.25, 0.3) is 0 Å². The number of rotatable bonds is 8. The van der Waals surface area contributed by atoms with Crippen LogP contribution in [-0.4, -0.2) is 40.3 Å². The van der Waals surface area contributed by atoms with Gasteiger partial charge in [0.1, 0.15) is 18.9 Å². The van der Waals surface area contributed by atoms with E-state index in [1.165, 1.54) is 18.2 Å². The number of benzene rings is 2. The van der Waals surface area contributed by atoms with Crippen molar-refractivity contribution in [1.29, 1.82) is 0 Å². The number of ether oxygens (including phenoxy) is 1. The number of hydrogen-bond donors (Lipinski definition) is 1. The maximum Gasteiger partial charge on any atom is 0.240 e. The van der Waals surface area contributed by atoms with Gasteiger partial charge in [0, 0.05) is 10.0 Å². The highest BCUT2D eigenvalue weighted by molar-refractivity contribution is 7.92. The summed E-state index contributed by atoms with van der Waals surface area (Å²) in [7, 11) is -3.72. The number of nitrogens with one attached hydrogen (secondary N) is 1. The molecule has 9 heteroatoms. The Kier molecular flexibility index (Phi) is 8.02. The summed E-state index contributed by atoms with van der Waals surface area (Å²) in [6.45, 7) is 6.37. The molecule has 0 unspecified atom stereocenters. The summed E-state index contributed by atoms with van der Waals surface area (Å²) in [5, 5.41) is 3.23. The smallest absolute Gasteiger partial charge is 0.240 e. The molecule has 0 saturated carbocycles. The fraction of sp³-hybridized carbons (Fsp3) is 0.381. The normalized spacial score (nSPS) is 11.8. The highest BCUT2D eigenvalue weighted by Crippen LogP contribution is 2.31. The molecule has 6 nitrogen and oxygen atoms in total. The minimum atomic E-state index is -3.72. The summed E-state index contributed by atoms with van der Waals surface area (Å²) in [4.78, 5) is 12.3. The topological polar surface area (TPSA) is 75.7 Å². The molecule has 0 saturated heterocycles. The first kappa shape index (κ1) is 24.3. The van der Waals surface area contributed by atoms with Crippen molar-refractivity contribution >= 4 is 44.8 Å². The second-order valence-corrected chi connectivity index (χ2v) is 10.6. The van der Waals surface area contributed by atoms with Crippen molar-refractivity contribution in [2.24, 2.45) is 0 Å². The van der Waals surface area contributed by atoms with Crippen molar-refractivity contribution < 1.29 is 17.9 Å². The maximum absolute atomic E-state index is 12.3. The van der Waals surface area contributed by atoms with Gasteiger partial charge in [0.2, 0.25) is 15.9 Å². The summed E-state index contributed by atoms with van der Waals surface area (Å²) >= 11 is 11.9. The second-order valence-electron chi connectivity index (χ2n) is 7.84. The van der Waals surface area contributed by atoms with Crippen LogP contribution >= 0.6 is 23.2 Å². The maximum atomic E-state index is 12.3. The zero-order valence-electron chi connectivity index (χ0n) is 17.4. The van der Waals surface area contributed by atoms with Crippen molar-refractivity contribution in [3.8, 4) is 5.75 Å². The van der Waals surface area contributed by atoms with Crippen molar-refractivity contribution in [1.82, 2.24) is 5.32 Å². The van der Waals surface area contributed by atoms with E-state index in [1.54, 1.807) is 0 Å². The first-order chi connectivity index (χ1) is 13.9. The van der Waals surface area contributed by atoms with Crippen LogP contribution in [0.4, 0.5) is 5.69 Å². The van der Waals surface area contributed by atoms with Crippen LogP contribution in [0.25, 0.3) is 0 Å². The zero-order chi connectivity index (χ0) is 22.5. The number of carbonyl (C=O) groups is 1. The summed E-state index contributed by atoms with van der Waals surface area (Å²) in [6.07, 6.45) is 1.02. The van der Waals surface area contributed by atoms with Gasteiger partial charge in [0.05, 0.1) is 18.5 Å². The van der Waals surface area contributed by atoms with Crippen LogP contribution in [-0.2, 0) is 20.2 Å². The molecule has 1 N–H and O–H groups in total. The lowest BCUT2D eigenvalue weighted by molar-refractivity contribution is -0.119. The number of anilines is 1. The third-order valence-electron chi connectivity index (χ3n) is 4.20. The molecule has 0 aromatic heterocycles. The van der Waals surface area contributed by atoms with Crippen LogP contribution in [0.3, 0.4) is 0 Å². The van der Waals surface area contributed by atoms with Crippen molar-refractivity contribution in [2.45, 2.75) is 26.2 Å². The quantitative estimate of drug-likeness (QED) is 0.582. The molecule has 0 heterocycles. The van der Waals surface area contributed by atoms with Crippen LogP contribution in [0.1, 0.15) is 26.3 Å². The van der Waals surface area contributed by atoms with Gasteiger partial charge in [-0.1, -0.05) is 62.2 Å². The van der Waals surface area contributed by atoms with Crippen molar-refractivity contribution in [2.75, 3.05) is 30.3 Å². The Morgan fingerprint density at radius 2 is 1.70 bits per heavy atom. The van der Waals surface area contributed by atoms with Gasteiger partial charge >= 0.3 is 0 Å². The zero-order valence-corrected chi connectivity index (χ0v) is 19.7. The largest absolute Gasteiger partial charge is 0.491 e. The molecule has 2 aromatic carbocycles. The van der Waals surface area contributed by atoms with E-state index in [0.29, 0.717) is 0 Å². The monoisotopic (exact) mass is 472 g/mol. The molecule has 1 amide bonds. The molecular weight excluding hydrogens is 447 g/mol. The Morgan fingerprint density at radius 1 is 1.10 bits per heavy atom. The molecule has 0 atom stereocenters. The van der Waals surface area contributed by atoms with Crippen LogP contribution in [0.15, 0.2) is 42.5 Å². The molecule has 0 aliphatic carbocycles. The van der Waals surface area contributed by atoms with Gasteiger partial charge < -0.3 is 10.1 Å². The fourth-order valence-electron chi connectivity index (χ4n) is 2.83. The fourth-order valence-corrected chi connectivity index (χ4v) is 4.19. The molecule has 0 aliphatic heterocycles. The number of amides is 1. The third-order valence-corrected chi connectivity index (χ3v) is 5.78. The average Bonchev–Trinajstić information content (AvgIpc) is 2.61. The minimum absolute atomic E-state index is 0.0753. The molecule has 0 fully saturated rings. The summed E-state index contributed by atoms with van der Waals surface area (Å²) < 4.78 is 31.1. The molecular formula is C21H26Cl2N2O4S. The minimum Gasteiger partial charge on any atom is -0.491 e. The van der Waals surface area contributed by atoms with E-state index in [4.69, 9.17) is 27.9 Å². The molecule has 164 valence electrons.